The maximum atomic E-state index is 3.60. The van der Waals surface area contributed by atoms with E-state index in [4.69, 9.17) is 0 Å². The van der Waals surface area contributed by atoms with Crippen LogP contribution in [0.2, 0.25) is 0 Å². The van der Waals surface area contributed by atoms with Crippen LogP contribution >= 0.6 is 27.3 Å². The van der Waals surface area contributed by atoms with Crippen LogP contribution in [0.4, 0.5) is 0 Å². The Labute approximate surface area is 91.7 Å². The molecule has 1 aliphatic carbocycles. The smallest absolute Gasteiger partial charge is 0.0731 e. The van der Waals surface area contributed by atoms with Crippen LogP contribution in [0.15, 0.2) is 9.85 Å². The van der Waals surface area contributed by atoms with Crippen molar-refractivity contribution < 1.29 is 0 Å². The Morgan fingerprint density at radius 3 is 2.77 bits per heavy atom. The van der Waals surface area contributed by atoms with Gasteiger partial charge in [0.25, 0.3) is 0 Å². The van der Waals surface area contributed by atoms with Crippen molar-refractivity contribution in [2.45, 2.75) is 38.8 Å². The fraction of sp³-hybridized carbons (Fsp3) is 0.600. The van der Waals surface area contributed by atoms with Gasteiger partial charge in [-0.25, -0.2) is 0 Å². The number of nitrogens with one attached hydrogen (secondary N) is 1. The molecule has 72 valence electrons. The number of hydrogen-bond acceptors (Lipinski definition) is 2. The van der Waals surface area contributed by atoms with E-state index < -0.39 is 0 Å². The first kappa shape index (κ1) is 9.69. The Hall–Kier alpha value is 0.140. The molecule has 1 fully saturated rings. The normalized spacial score (nSPS) is 19.0. The lowest BCUT2D eigenvalue weighted by atomic mass is 10.2. The van der Waals surface area contributed by atoms with E-state index in [1.54, 1.807) is 0 Å². The van der Waals surface area contributed by atoms with Crippen LogP contribution in [0.25, 0.3) is 0 Å². The molecule has 0 bridgehead atoms. The van der Waals surface area contributed by atoms with Crippen LogP contribution in [0.3, 0.4) is 0 Å². The first-order valence-electron chi connectivity index (χ1n) is 4.68. The van der Waals surface area contributed by atoms with E-state index in [0.717, 1.165) is 6.04 Å². The highest BCUT2D eigenvalue weighted by atomic mass is 79.9. The molecule has 0 saturated heterocycles. The zero-order valence-electron chi connectivity index (χ0n) is 7.93. The van der Waals surface area contributed by atoms with E-state index in [9.17, 15) is 0 Å². The Morgan fingerprint density at radius 1 is 1.62 bits per heavy atom. The lowest BCUT2D eigenvalue weighted by Crippen LogP contribution is -2.19. The minimum Gasteiger partial charge on any atom is -0.307 e. The topological polar surface area (TPSA) is 12.0 Å². The van der Waals surface area contributed by atoms with Gasteiger partial charge in [-0.3, -0.25) is 0 Å². The van der Waals surface area contributed by atoms with Gasteiger partial charge >= 0.3 is 0 Å². The molecule has 2 rings (SSSR count). The number of rotatable bonds is 3. The molecule has 0 amide bonds. The van der Waals surface area contributed by atoms with Crippen molar-refractivity contribution in [2.24, 2.45) is 0 Å². The molecule has 13 heavy (non-hydrogen) atoms. The molecule has 1 nitrogen and oxygen atoms in total. The van der Waals surface area contributed by atoms with Gasteiger partial charge in [0, 0.05) is 17.0 Å². The van der Waals surface area contributed by atoms with E-state index in [0.29, 0.717) is 6.04 Å². The van der Waals surface area contributed by atoms with Crippen molar-refractivity contribution in [1.29, 1.82) is 0 Å². The predicted molar refractivity (Wildman–Crippen MR) is 61.3 cm³/mol. The number of thiophene rings is 1. The zero-order valence-corrected chi connectivity index (χ0v) is 10.3. The lowest BCUT2D eigenvalue weighted by molar-refractivity contribution is 0.579. The molecule has 0 spiro atoms. The fourth-order valence-corrected chi connectivity index (χ4v) is 2.97. The molecular formula is C10H14BrNS. The average molecular weight is 260 g/mol. The Bertz CT molecular complexity index is 284. The molecular weight excluding hydrogens is 246 g/mol. The molecule has 0 aromatic carbocycles. The lowest BCUT2D eigenvalue weighted by Gasteiger charge is -2.10. The molecule has 1 atom stereocenters. The Morgan fingerprint density at radius 2 is 2.31 bits per heavy atom. The van der Waals surface area contributed by atoms with Crippen molar-refractivity contribution in [3.05, 3.63) is 20.3 Å². The van der Waals surface area contributed by atoms with Gasteiger partial charge in [0.15, 0.2) is 0 Å². The number of hydrogen-bond donors (Lipinski definition) is 1. The van der Waals surface area contributed by atoms with Crippen LogP contribution in [-0.4, -0.2) is 6.04 Å². The highest BCUT2D eigenvalue weighted by molar-refractivity contribution is 9.11. The molecule has 1 saturated carbocycles. The van der Waals surface area contributed by atoms with Crippen molar-refractivity contribution in [3.63, 3.8) is 0 Å². The van der Waals surface area contributed by atoms with Gasteiger partial charge in [0.2, 0.25) is 0 Å². The van der Waals surface area contributed by atoms with E-state index in [2.05, 4.69) is 41.2 Å². The molecule has 1 heterocycles. The third-order valence-corrected chi connectivity index (χ3v) is 4.69. The van der Waals surface area contributed by atoms with Crippen LogP contribution in [0.1, 0.15) is 36.2 Å². The summed E-state index contributed by atoms with van der Waals surface area (Å²) < 4.78 is 1.27. The maximum Gasteiger partial charge on any atom is 0.0731 e. The second-order valence-electron chi connectivity index (χ2n) is 3.77. The summed E-state index contributed by atoms with van der Waals surface area (Å²) >= 11 is 5.40. The van der Waals surface area contributed by atoms with Gasteiger partial charge in [-0.1, -0.05) is 0 Å². The van der Waals surface area contributed by atoms with E-state index in [1.807, 2.05) is 11.3 Å². The molecule has 1 unspecified atom stereocenters. The van der Waals surface area contributed by atoms with Gasteiger partial charge < -0.3 is 5.32 Å². The third kappa shape index (κ3) is 2.33. The summed E-state index contributed by atoms with van der Waals surface area (Å²) in [4.78, 5) is 1.44. The van der Waals surface area contributed by atoms with Crippen molar-refractivity contribution >= 4 is 27.3 Å². The first-order chi connectivity index (χ1) is 6.16. The summed E-state index contributed by atoms with van der Waals surface area (Å²) in [5, 5.41) is 3.60. The van der Waals surface area contributed by atoms with Gasteiger partial charge in [-0.2, -0.15) is 0 Å². The number of halogens is 1. The van der Waals surface area contributed by atoms with Crippen LogP contribution in [0.5, 0.6) is 0 Å². The van der Waals surface area contributed by atoms with Gasteiger partial charge in [-0.15, -0.1) is 11.3 Å². The minimum atomic E-state index is 0.516. The maximum absolute atomic E-state index is 3.60. The summed E-state index contributed by atoms with van der Waals surface area (Å²) in [5.41, 5.74) is 1.35. The number of aryl methyl sites for hydroxylation is 1. The van der Waals surface area contributed by atoms with Crippen LogP contribution < -0.4 is 5.32 Å². The molecule has 3 heteroatoms. The second-order valence-corrected chi connectivity index (χ2v) is 6.17. The fourth-order valence-electron chi connectivity index (χ4n) is 1.38. The summed E-state index contributed by atoms with van der Waals surface area (Å²) in [5.74, 6) is 0. The SMILES string of the molecule is Cc1cc(C(C)NC2CC2)sc1Br. The molecule has 0 aliphatic heterocycles. The Balaban J connectivity index is 2.05. The highest BCUT2D eigenvalue weighted by Gasteiger charge is 2.23. The van der Waals surface area contributed by atoms with Gasteiger partial charge in [0.1, 0.15) is 0 Å². The summed E-state index contributed by atoms with van der Waals surface area (Å²) in [6.45, 7) is 4.39. The summed E-state index contributed by atoms with van der Waals surface area (Å²) in [6.07, 6.45) is 2.71. The van der Waals surface area contributed by atoms with Gasteiger partial charge in [0.05, 0.1) is 3.79 Å². The van der Waals surface area contributed by atoms with E-state index in [-0.39, 0.29) is 0 Å². The monoisotopic (exact) mass is 259 g/mol. The molecule has 1 aromatic rings. The largest absolute Gasteiger partial charge is 0.307 e. The van der Waals surface area contributed by atoms with E-state index in [1.165, 1.54) is 27.1 Å². The molecule has 1 N–H and O–H groups in total. The third-order valence-electron chi connectivity index (χ3n) is 2.37. The predicted octanol–water partition coefficient (Wildman–Crippen LogP) is 3.63. The van der Waals surface area contributed by atoms with Gasteiger partial charge in [-0.05, 0) is 54.2 Å². The first-order valence-corrected chi connectivity index (χ1v) is 6.29. The zero-order chi connectivity index (χ0) is 9.42. The van der Waals surface area contributed by atoms with E-state index >= 15 is 0 Å². The molecule has 1 aliphatic rings. The summed E-state index contributed by atoms with van der Waals surface area (Å²) in [6, 6.07) is 3.58. The average Bonchev–Trinajstić information content (AvgIpc) is 2.81. The molecule has 0 radical (unpaired) electrons. The highest BCUT2D eigenvalue weighted by Crippen LogP contribution is 2.33. The molecule has 1 aromatic heterocycles. The van der Waals surface area contributed by atoms with Crippen molar-refractivity contribution in [3.8, 4) is 0 Å². The van der Waals surface area contributed by atoms with Crippen LogP contribution in [0, 0.1) is 6.92 Å². The standard InChI is InChI=1S/C10H14BrNS/c1-6-5-9(13-10(6)11)7(2)12-8-3-4-8/h5,7-8,12H,3-4H2,1-2H3. The second kappa shape index (κ2) is 3.71. The Kier molecular flexibility index (Phi) is 2.77. The minimum absolute atomic E-state index is 0.516. The summed E-state index contributed by atoms with van der Waals surface area (Å²) in [7, 11) is 0. The quantitative estimate of drug-likeness (QED) is 0.875. The van der Waals surface area contributed by atoms with Crippen LogP contribution in [-0.2, 0) is 0 Å². The van der Waals surface area contributed by atoms with Crippen molar-refractivity contribution in [1.82, 2.24) is 5.32 Å². The van der Waals surface area contributed by atoms with Crippen molar-refractivity contribution in [2.75, 3.05) is 0 Å².